The molecule has 2 nitrogen and oxygen atoms in total. The van der Waals surface area contributed by atoms with E-state index in [4.69, 9.17) is 5.11 Å². The molecule has 0 amide bonds. The standard InChI is InChI=1S/C13H17NOS2/c1-3-16-12-5-4-6-13(11(12)7-14)17-9-10(2)8-15/h4-6,10,15H,3,8-9H2,1-2H3. The maximum atomic E-state index is 9.22. The monoisotopic (exact) mass is 267 g/mol. The van der Waals surface area contributed by atoms with Crippen LogP contribution in [-0.4, -0.2) is 23.2 Å². The van der Waals surface area contributed by atoms with Crippen LogP contribution in [-0.2, 0) is 0 Å². The fourth-order valence-corrected chi connectivity index (χ4v) is 3.20. The second-order valence-corrected chi connectivity index (χ2v) is 6.14. The van der Waals surface area contributed by atoms with Gasteiger partial charge in [0.2, 0.25) is 0 Å². The molecule has 1 aromatic carbocycles. The highest BCUT2D eigenvalue weighted by molar-refractivity contribution is 8.00. The maximum Gasteiger partial charge on any atom is 0.101 e. The number of nitrogens with zero attached hydrogens (tertiary/aromatic N) is 1. The van der Waals surface area contributed by atoms with E-state index in [1.165, 1.54) is 0 Å². The lowest BCUT2D eigenvalue weighted by Gasteiger charge is -2.10. The molecule has 0 radical (unpaired) electrons. The number of hydrogen-bond donors (Lipinski definition) is 1. The van der Waals surface area contributed by atoms with Crippen molar-refractivity contribution in [3.8, 4) is 6.07 Å². The van der Waals surface area contributed by atoms with E-state index in [0.29, 0.717) is 0 Å². The van der Waals surface area contributed by atoms with Crippen LogP contribution in [0.3, 0.4) is 0 Å². The van der Waals surface area contributed by atoms with E-state index in [1.807, 2.05) is 25.1 Å². The molecule has 0 aliphatic carbocycles. The molecule has 0 heterocycles. The Bertz CT molecular complexity index is 401. The fraction of sp³-hybridized carbons (Fsp3) is 0.462. The van der Waals surface area contributed by atoms with Gasteiger partial charge in [0.15, 0.2) is 0 Å². The van der Waals surface area contributed by atoms with Gasteiger partial charge in [0, 0.05) is 22.2 Å². The van der Waals surface area contributed by atoms with Crippen molar-refractivity contribution in [2.75, 3.05) is 18.1 Å². The molecule has 0 bridgehead atoms. The summed E-state index contributed by atoms with van der Waals surface area (Å²) in [6.07, 6.45) is 0. The van der Waals surface area contributed by atoms with Crippen molar-refractivity contribution in [2.45, 2.75) is 23.6 Å². The van der Waals surface area contributed by atoms with Gasteiger partial charge in [-0.25, -0.2) is 0 Å². The third-order valence-electron chi connectivity index (χ3n) is 2.23. The Kier molecular flexibility index (Phi) is 6.49. The van der Waals surface area contributed by atoms with Gasteiger partial charge in [-0.05, 0) is 23.8 Å². The minimum absolute atomic E-state index is 0.193. The largest absolute Gasteiger partial charge is 0.396 e. The Morgan fingerprint density at radius 3 is 2.53 bits per heavy atom. The molecule has 0 aromatic heterocycles. The Morgan fingerprint density at radius 2 is 2.00 bits per heavy atom. The van der Waals surface area contributed by atoms with Crippen molar-refractivity contribution in [1.29, 1.82) is 5.26 Å². The van der Waals surface area contributed by atoms with E-state index in [-0.39, 0.29) is 12.5 Å². The fourth-order valence-electron chi connectivity index (χ4n) is 1.30. The number of aliphatic hydroxyl groups excluding tert-OH is 1. The maximum absolute atomic E-state index is 9.22. The quantitative estimate of drug-likeness (QED) is 0.802. The van der Waals surface area contributed by atoms with Gasteiger partial charge in [-0.1, -0.05) is 19.9 Å². The lowest BCUT2D eigenvalue weighted by molar-refractivity contribution is 0.250. The number of benzene rings is 1. The van der Waals surface area contributed by atoms with Crippen LogP contribution in [0.2, 0.25) is 0 Å². The van der Waals surface area contributed by atoms with Gasteiger partial charge in [0.1, 0.15) is 6.07 Å². The minimum atomic E-state index is 0.193. The summed E-state index contributed by atoms with van der Waals surface area (Å²) >= 11 is 3.34. The Balaban J connectivity index is 2.84. The highest BCUT2D eigenvalue weighted by Gasteiger charge is 2.09. The van der Waals surface area contributed by atoms with Crippen LogP contribution in [0.1, 0.15) is 19.4 Å². The third kappa shape index (κ3) is 4.27. The number of thioether (sulfide) groups is 2. The second kappa shape index (κ2) is 7.65. The first-order valence-electron chi connectivity index (χ1n) is 5.62. The summed E-state index contributed by atoms with van der Waals surface area (Å²) in [7, 11) is 0. The van der Waals surface area contributed by atoms with Crippen molar-refractivity contribution in [2.24, 2.45) is 5.92 Å². The van der Waals surface area contributed by atoms with Gasteiger partial charge in [-0.2, -0.15) is 5.26 Å². The third-order valence-corrected chi connectivity index (χ3v) is 4.56. The first-order chi connectivity index (χ1) is 8.22. The molecule has 0 aliphatic heterocycles. The van der Waals surface area contributed by atoms with Gasteiger partial charge in [-0.3, -0.25) is 0 Å². The molecule has 1 atom stereocenters. The van der Waals surface area contributed by atoms with E-state index in [0.717, 1.165) is 26.9 Å². The van der Waals surface area contributed by atoms with Crippen molar-refractivity contribution in [1.82, 2.24) is 0 Å². The summed E-state index contributed by atoms with van der Waals surface area (Å²) < 4.78 is 0. The molecule has 0 aliphatic rings. The number of aliphatic hydroxyl groups is 1. The van der Waals surface area contributed by atoms with Gasteiger partial charge in [0.25, 0.3) is 0 Å². The molecular formula is C13H17NOS2. The molecule has 0 saturated carbocycles. The summed E-state index contributed by atoms with van der Waals surface area (Å²) in [6.45, 7) is 4.28. The lowest BCUT2D eigenvalue weighted by atomic mass is 10.2. The van der Waals surface area contributed by atoms with Gasteiger partial charge < -0.3 is 5.11 Å². The summed E-state index contributed by atoms with van der Waals surface area (Å²) in [5.74, 6) is 2.07. The van der Waals surface area contributed by atoms with E-state index >= 15 is 0 Å². The molecule has 0 spiro atoms. The average Bonchev–Trinajstić information content (AvgIpc) is 2.36. The van der Waals surface area contributed by atoms with Crippen LogP contribution < -0.4 is 0 Å². The average molecular weight is 267 g/mol. The molecule has 1 N–H and O–H groups in total. The van der Waals surface area contributed by atoms with Crippen LogP contribution >= 0.6 is 23.5 Å². The van der Waals surface area contributed by atoms with Crippen molar-refractivity contribution >= 4 is 23.5 Å². The van der Waals surface area contributed by atoms with Crippen LogP contribution in [0.25, 0.3) is 0 Å². The number of hydrogen-bond acceptors (Lipinski definition) is 4. The van der Waals surface area contributed by atoms with Gasteiger partial charge >= 0.3 is 0 Å². The first-order valence-corrected chi connectivity index (χ1v) is 7.59. The van der Waals surface area contributed by atoms with Crippen molar-refractivity contribution in [3.63, 3.8) is 0 Å². The SMILES string of the molecule is CCSc1cccc(SCC(C)CO)c1C#N. The molecule has 17 heavy (non-hydrogen) atoms. The Hall–Kier alpha value is -0.630. The second-order valence-electron chi connectivity index (χ2n) is 3.77. The normalized spacial score (nSPS) is 12.1. The minimum Gasteiger partial charge on any atom is -0.396 e. The summed E-state index contributed by atoms with van der Waals surface area (Å²) in [4.78, 5) is 2.07. The topological polar surface area (TPSA) is 44.0 Å². The predicted octanol–water partition coefficient (Wildman–Crippen LogP) is 3.39. The zero-order valence-corrected chi connectivity index (χ0v) is 11.8. The number of rotatable bonds is 6. The highest BCUT2D eigenvalue weighted by atomic mass is 32.2. The van der Waals surface area contributed by atoms with Crippen LogP contribution in [0, 0.1) is 17.2 Å². The van der Waals surface area contributed by atoms with Crippen molar-refractivity contribution in [3.05, 3.63) is 23.8 Å². The molecule has 1 aromatic rings. The molecule has 0 saturated heterocycles. The van der Waals surface area contributed by atoms with Gasteiger partial charge in [-0.15, -0.1) is 23.5 Å². The van der Waals surface area contributed by atoms with Crippen LogP contribution in [0.4, 0.5) is 0 Å². The lowest BCUT2D eigenvalue weighted by Crippen LogP contribution is -2.03. The predicted molar refractivity (Wildman–Crippen MR) is 74.5 cm³/mol. The van der Waals surface area contributed by atoms with Crippen molar-refractivity contribution < 1.29 is 5.11 Å². The van der Waals surface area contributed by atoms with Crippen LogP contribution in [0.5, 0.6) is 0 Å². The zero-order chi connectivity index (χ0) is 12.7. The molecular weight excluding hydrogens is 250 g/mol. The summed E-state index contributed by atoms with van der Waals surface area (Å²) in [5.41, 5.74) is 0.773. The summed E-state index contributed by atoms with van der Waals surface area (Å²) in [5, 5.41) is 18.2. The zero-order valence-electron chi connectivity index (χ0n) is 10.1. The van der Waals surface area contributed by atoms with E-state index in [9.17, 15) is 5.26 Å². The number of nitriles is 1. The van der Waals surface area contributed by atoms with E-state index < -0.39 is 0 Å². The van der Waals surface area contributed by atoms with E-state index in [1.54, 1.807) is 23.5 Å². The smallest absolute Gasteiger partial charge is 0.101 e. The summed E-state index contributed by atoms with van der Waals surface area (Å²) in [6, 6.07) is 8.25. The van der Waals surface area contributed by atoms with Crippen LogP contribution in [0.15, 0.2) is 28.0 Å². The molecule has 1 unspecified atom stereocenters. The van der Waals surface area contributed by atoms with Gasteiger partial charge in [0.05, 0.1) is 5.56 Å². The molecule has 92 valence electrons. The van der Waals surface area contributed by atoms with E-state index in [2.05, 4.69) is 13.0 Å². The molecule has 0 fully saturated rings. The Labute approximate surface area is 111 Å². The molecule has 4 heteroatoms. The Morgan fingerprint density at radius 1 is 1.35 bits per heavy atom. The first kappa shape index (κ1) is 14.4. The highest BCUT2D eigenvalue weighted by Crippen LogP contribution is 2.31. The molecule has 1 rings (SSSR count).